The van der Waals surface area contributed by atoms with Gasteiger partial charge in [0.1, 0.15) is 12.4 Å². The molecule has 0 aliphatic heterocycles. The molecule has 6 nitrogen and oxygen atoms in total. The summed E-state index contributed by atoms with van der Waals surface area (Å²) in [7, 11) is 4.07. The van der Waals surface area contributed by atoms with E-state index in [-0.39, 0.29) is 5.96 Å². The number of carbonyl (C=O) groups excluding carboxylic acids is 1. The van der Waals surface area contributed by atoms with Crippen molar-refractivity contribution in [2.75, 3.05) is 14.1 Å². The Labute approximate surface area is 164 Å². The largest absolute Gasteiger partial charge is 0.488 e. The van der Waals surface area contributed by atoms with Crippen LogP contribution in [0, 0.1) is 0 Å². The molecule has 28 heavy (non-hydrogen) atoms. The van der Waals surface area contributed by atoms with Crippen molar-refractivity contribution in [1.29, 1.82) is 0 Å². The fourth-order valence-corrected chi connectivity index (χ4v) is 3.03. The summed E-state index contributed by atoms with van der Waals surface area (Å²) in [5, 5.41) is 1.66. The molecule has 144 valence electrons. The third-order valence-electron chi connectivity index (χ3n) is 4.25. The van der Waals surface area contributed by atoms with Crippen LogP contribution in [0.2, 0.25) is 0 Å². The second kappa shape index (κ2) is 8.54. The van der Waals surface area contributed by atoms with Crippen LogP contribution in [0.4, 0.5) is 0 Å². The smallest absolute Gasteiger partial charge is 0.284 e. The van der Waals surface area contributed by atoms with Gasteiger partial charge in [-0.05, 0) is 42.1 Å². The summed E-state index contributed by atoms with van der Waals surface area (Å²) in [6, 6.07) is 19.4. The van der Waals surface area contributed by atoms with Crippen molar-refractivity contribution in [2.45, 2.75) is 13.2 Å². The molecule has 3 aromatic carbocycles. The number of nitrogens with zero attached hydrogens (tertiary/aromatic N) is 2. The van der Waals surface area contributed by atoms with Gasteiger partial charge in [0, 0.05) is 6.54 Å². The first-order valence-corrected chi connectivity index (χ1v) is 8.95. The maximum atomic E-state index is 12.6. The Morgan fingerprint density at radius 1 is 0.964 bits per heavy atom. The molecular weight excluding hydrogens is 352 g/mol. The number of guanidine groups is 1. The molecule has 0 heterocycles. The molecule has 0 unspecified atom stereocenters. The standard InChI is InChI=1S/C22H24N4O2/c1-26(2)13-15-7-9-16(10-8-15)14-28-19-12-11-17-5-3-4-6-18(17)20(19)21(27)25-22(23)24/h3-12H,13-14H2,1-2H3,(H4,23,24,25,27). The minimum absolute atomic E-state index is 0.277. The number of amides is 1. The second-order valence-electron chi connectivity index (χ2n) is 6.84. The lowest BCUT2D eigenvalue weighted by atomic mass is 10.0. The van der Waals surface area contributed by atoms with E-state index in [2.05, 4.69) is 22.0 Å². The number of ether oxygens (including phenoxy) is 1. The molecule has 0 aliphatic carbocycles. The molecule has 6 heteroatoms. The summed E-state index contributed by atoms with van der Waals surface area (Å²) in [4.78, 5) is 18.4. The maximum absolute atomic E-state index is 12.6. The van der Waals surface area contributed by atoms with Crippen molar-refractivity contribution in [3.63, 3.8) is 0 Å². The van der Waals surface area contributed by atoms with Gasteiger partial charge in [-0.3, -0.25) is 4.79 Å². The van der Waals surface area contributed by atoms with Gasteiger partial charge in [-0.25, -0.2) is 0 Å². The van der Waals surface area contributed by atoms with Crippen LogP contribution < -0.4 is 16.2 Å². The molecule has 1 amide bonds. The number of benzene rings is 3. The minimum atomic E-state index is -0.520. The Hall–Kier alpha value is -3.38. The molecule has 0 aliphatic rings. The zero-order valence-electron chi connectivity index (χ0n) is 16.1. The number of carbonyl (C=O) groups is 1. The van der Waals surface area contributed by atoms with Crippen molar-refractivity contribution in [3.8, 4) is 5.75 Å². The van der Waals surface area contributed by atoms with Crippen molar-refractivity contribution in [1.82, 2.24) is 4.90 Å². The van der Waals surface area contributed by atoms with Gasteiger partial charge < -0.3 is 21.1 Å². The normalized spacial score (nSPS) is 10.8. The molecule has 0 bridgehead atoms. The van der Waals surface area contributed by atoms with E-state index in [4.69, 9.17) is 16.2 Å². The van der Waals surface area contributed by atoms with Gasteiger partial charge in [0.25, 0.3) is 5.91 Å². The quantitative estimate of drug-likeness (QED) is 0.510. The monoisotopic (exact) mass is 376 g/mol. The van der Waals surface area contributed by atoms with Crippen LogP contribution in [0.5, 0.6) is 5.75 Å². The van der Waals surface area contributed by atoms with Crippen LogP contribution in [0.15, 0.2) is 65.7 Å². The molecule has 0 radical (unpaired) electrons. The fraction of sp³-hybridized carbons (Fsp3) is 0.182. The highest BCUT2D eigenvalue weighted by Gasteiger charge is 2.16. The zero-order chi connectivity index (χ0) is 20.1. The first kappa shape index (κ1) is 19.4. The number of hydrogen-bond donors (Lipinski definition) is 2. The van der Waals surface area contributed by atoms with E-state index in [0.717, 1.165) is 22.9 Å². The predicted octanol–water partition coefficient (Wildman–Crippen LogP) is 2.89. The Morgan fingerprint density at radius 2 is 1.64 bits per heavy atom. The van der Waals surface area contributed by atoms with Gasteiger partial charge in [0.05, 0.1) is 5.56 Å². The lowest BCUT2D eigenvalue weighted by Crippen LogP contribution is -2.24. The lowest BCUT2D eigenvalue weighted by Gasteiger charge is -2.13. The Morgan fingerprint density at radius 3 is 2.32 bits per heavy atom. The number of aliphatic imine (C=N–C) groups is 1. The zero-order valence-corrected chi connectivity index (χ0v) is 16.1. The van der Waals surface area contributed by atoms with Gasteiger partial charge >= 0.3 is 0 Å². The average Bonchev–Trinajstić information content (AvgIpc) is 2.66. The van der Waals surface area contributed by atoms with Gasteiger partial charge in [-0.15, -0.1) is 0 Å². The van der Waals surface area contributed by atoms with Crippen LogP contribution in [0.1, 0.15) is 21.5 Å². The Balaban J connectivity index is 1.88. The Kier molecular flexibility index (Phi) is 5.91. The van der Waals surface area contributed by atoms with E-state index >= 15 is 0 Å². The summed E-state index contributed by atoms with van der Waals surface area (Å²) < 4.78 is 5.97. The van der Waals surface area contributed by atoms with Gasteiger partial charge in [0.2, 0.25) is 0 Å². The maximum Gasteiger partial charge on any atom is 0.284 e. The molecule has 4 N–H and O–H groups in total. The van der Waals surface area contributed by atoms with Crippen LogP contribution in [-0.2, 0) is 13.2 Å². The van der Waals surface area contributed by atoms with Crippen molar-refractivity contribution in [2.24, 2.45) is 16.5 Å². The SMILES string of the molecule is CN(C)Cc1ccc(COc2ccc3ccccc3c2C(=O)N=C(N)N)cc1. The summed E-state index contributed by atoms with van der Waals surface area (Å²) in [5.41, 5.74) is 13.4. The van der Waals surface area contributed by atoms with E-state index in [0.29, 0.717) is 17.9 Å². The first-order valence-electron chi connectivity index (χ1n) is 8.95. The molecule has 0 saturated heterocycles. The second-order valence-corrected chi connectivity index (χ2v) is 6.84. The van der Waals surface area contributed by atoms with Crippen LogP contribution >= 0.6 is 0 Å². The molecule has 3 rings (SSSR count). The van der Waals surface area contributed by atoms with E-state index in [1.54, 1.807) is 6.07 Å². The molecule has 0 saturated carbocycles. The van der Waals surface area contributed by atoms with Crippen LogP contribution in [-0.4, -0.2) is 30.9 Å². The fourth-order valence-electron chi connectivity index (χ4n) is 3.03. The molecule has 0 fully saturated rings. The average molecular weight is 376 g/mol. The summed E-state index contributed by atoms with van der Waals surface area (Å²) >= 11 is 0. The topological polar surface area (TPSA) is 93.9 Å². The van der Waals surface area contributed by atoms with Gasteiger partial charge in [-0.2, -0.15) is 4.99 Å². The Bertz CT molecular complexity index is 1010. The van der Waals surface area contributed by atoms with E-state index in [1.165, 1.54) is 5.56 Å². The van der Waals surface area contributed by atoms with Gasteiger partial charge in [-0.1, -0.05) is 54.6 Å². The van der Waals surface area contributed by atoms with E-state index in [1.807, 2.05) is 56.6 Å². The molecule has 0 atom stereocenters. The highest BCUT2D eigenvalue weighted by Crippen LogP contribution is 2.29. The van der Waals surface area contributed by atoms with Crippen LogP contribution in [0.25, 0.3) is 10.8 Å². The molecule has 0 aromatic heterocycles. The lowest BCUT2D eigenvalue weighted by molar-refractivity contribution is 0.1000. The predicted molar refractivity (Wildman–Crippen MR) is 112 cm³/mol. The summed E-state index contributed by atoms with van der Waals surface area (Å²) in [6.07, 6.45) is 0. The third kappa shape index (κ3) is 4.66. The molecule has 0 spiro atoms. The minimum Gasteiger partial charge on any atom is -0.488 e. The summed E-state index contributed by atoms with van der Waals surface area (Å²) in [6.45, 7) is 1.21. The van der Waals surface area contributed by atoms with Gasteiger partial charge in [0.15, 0.2) is 5.96 Å². The number of nitrogens with two attached hydrogens (primary N) is 2. The molecular formula is C22H24N4O2. The van der Waals surface area contributed by atoms with Crippen molar-refractivity contribution in [3.05, 3.63) is 77.4 Å². The molecule has 3 aromatic rings. The van der Waals surface area contributed by atoms with Crippen molar-refractivity contribution < 1.29 is 9.53 Å². The van der Waals surface area contributed by atoms with Crippen molar-refractivity contribution >= 4 is 22.6 Å². The number of fused-ring (bicyclic) bond motifs is 1. The third-order valence-corrected chi connectivity index (χ3v) is 4.25. The number of rotatable bonds is 6. The van der Waals surface area contributed by atoms with Crippen LogP contribution in [0.3, 0.4) is 0 Å². The highest BCUT2D eigenvalue weighted by atomic mass is 16.5. The number of hydrogen-bond acceptors (Lipinski definition) is 3. The first-order chi connectivity index (χ1) is 13.4. The van der Waals surface area contributed by atoms with E-state index < -0.39 is 5.91 Å². The highest BCUT2D eigenvalue weighted by molar-refractivity contribution is 6.12. The summed E-state index contributed by atoms with van der Waals surface area (Å²) in [5.74, 6) is -0.348. The van der Waals surface area contributed by atoms with E-state index in [9.17, 15) is 4.79 Å².